The summed E-state index contributed by atoms with van der Waals surface area (Å²) in [4.78, 5) is 22.4. The van der Waals surface area contributed by atoms with Crippen LogP contribution in [0, 0.1) is 10.7 Å². The Morgan fingerprint density at radius 1 is 0.889 bits per heavy atom. The molecule has 0 unspecified atom stereocenters. The predicted molar refractivity (Wildman–Crippen MR) is 97.6 cm³/mol. The summed E-state index contributed by atoms with van der Waals surface area (Å²) in [6.07, 6.45) is 0. The van der Waals surface area contributed by atoms with E-state index in [1.165, 1.54) is 13.8 Å². The number of amides is 2. The Hall–Kier alpha value is 0.150. The number of halogens is 3. The van der Waals surface area contributed by atoms with Crippen molar-refractivity contribution in [2.24, 2.45) is 0 Å². The maximum Gasteiger partial charge on any atom is 0.221 e. The molecule has 0 aliphatic carbocycles. The van der Waals surface area contributed by atoms with Gasteiger partial charge >= 0.3 is 0 Å². The highest BCUT2D eigenvalue weighted by Gasteiger charge is 2.19. The van der Waals surface area contributed by atoms with Gasteiger partial charge < -0.3 is 16.4 Å². The van der Waals surface area contributed by atoms with Crippen molar-refractivity contribution in [1.82, 2.24) is 0 Å². The van der Waals surface area contributed by atoms with Crippen LogP contribution in [0.15, 0.2) is 0 Å². The summed E-state index contributed by atoms with van der Waals surface area (Å²) in [5.74, 6) is -0.361. The van der Waals surface area contributed by atoms with Gasteiger partial charge in [-0.25, -0.2) is 0 Å². The molecule has 0 bridgehead atoms. The summed E-state index contributed by atoms with van der Waals surface area (Å²) in [5.41, 5.74) is 7.79. The second kappa shape index (κ2) is 6.54. The minimum Gasteiger partial charge on any atom is -0.397 e. The molecule has 8 heteroatoms. The van der Waals surface area contributed by atoms with Gasteiger partial charge in [0.1, 0.15) is 0 Å². The molecule has 0 aliphatic rings. The first-order valence-electron chi connectivity index (χ1n) is 4.76. The van der Waals surface area contributed by atoms with Crippen LogP contribution < -0.4 is 16.4 Å². The molecule has 0 fully saturated rings. The first-order valence-corrected chi connectivity index (χ1v) is 8.00. The van der Waals surface area contributed by atoms with Crippen LogP contribution in [-0.2, 0) is 9.59 Å². The van der Waals surface area contributed by atoms with Gasteiger partial charge in [0.05, 0.1) is 27.8 Å². The second-order valence-electron chi connectivity index (χ2n) is 3.47. The van der Waals surface area contributed by atoms with E-state index < -0.39 is 0 Å². The van der Waals surface area contributed by atoms with Gasteiger partial charge in [0, 0.05) is 13.8 Å². The minimum absolute atomic E-state index is 0.180. The monoisotopic (exact) mass is 585 g/mol. The molecule has 2 amide bonds. The van der Waals surface area contributed by atoms with E-state index in [2.05, 4.69) is 78.4 Å². The number of nitrogens with two attached hydrogens (primary N) is 1. The normalized spacial score (nSPS) is 10.1. The topological polar surface area (TPSA) is 84.2 Å². The molecule has 1 rings (SSSR count). The number of nitrogen functional groups attached to an aromatic ring is 1. The Balaban J connectivity index is 3.48. The molecule has 0 heterocycles. The fraction of sp³-hybridized carbons (Fsp3) is 0.200. The Labute approximate surface area is 145 Å². The number of hydrogen-bond acceptors (Lipinski definition) is 3. The summed E-state index contributed by atoms with van der Waals surface area (Å²) >= 11 is 6.24. The van der Waals surface area contributed by atoms with Crippen LogP contribution >= 0.6 is 67.8 Å². The van der Waals surface area contributed by atoms with Gasteiger partial charge in [0.2, 0.25) is 11.8 Å². The van der Waals surface area contributed by atoms with Crippen molar-refractivity contribution in [2.75, 3.05) is 16.4 Å². The zero-order valence-corrected chi connectivity index (χ0v) is 16.0. The van der Waals surface area contributed by atoms with E-state index in [4.69, 9.17) is 5.73 Å². The van der Waals surface area contributed by atoms with Gasteiger partial charge in [-0.2, -0.15) is 0 Å². The lowest BCUT2D eigenvalue weighted by Crippen LogP contribution is -2.15. The molecule has 1 aromatic rings. The quantitative estimate of drug-likeness (QED) is 0.369. The van der Waals surface area contributed by atoms with Crippen molar-refractivity contribution >= 4 is 96.6 Å². The van der Waals surface area contributed by atoms with Crippen LogP contribution in [0.3, 0.4) is 0 Å². The van der Waals surface area contributed by atoms with Gasteiger partial charge in [-0.05, 0) is 67.8 Å². The van der Waals surface area contributed by atoms with Crippen LogP contribution in [0.25, 0.3) is 0 Å². The number of hydrogen-bond donors (Lipinski definition) is 3. The van der Waals surface area contributed by atoms with Gasteiger partial charge in [-0.15, -0.1) is 0 Å². The molecule has 98 valence electrons. The first kappa shape index (κ1) is 16.2. The predicted octanol–water partition coefficient (Wildman–Crippen LogP) is 3.00. The molecule has 0 radical (unpaired) electrons. The molecule has 0 saturated heterocycles. The summed E-state index contributed by atoms with van der Waals surface area (Å²) < 4.78 is 2.30. The molecule has 5 nitrogen and oxygen atoms in total. The van der Waals surface area contributed by atoms with Gasteiger partial charge in [-0.3, -0.25) is 9.59 Å². The maximum absolute atomic E-state index is 11.2. The van der Waals surface area contributed by atoms with Gasteiger partial charge in [0.25, 0.3) is 0 Å². The highest BCUT2D eigenvalue weighted by Crippen LogP contribution is 2.40. The average Bonchev–Trinajstić information content (AvgIpc) is 2.27. The first-order chi connectivity index (χ1) is 8.25. The lowest BCUT2D eigenvalue weighted by Gasteiger charge is -2.17. The molecule has 18 heavy (non-hydrogen) atoms. The molecule has 0 atom stereocenters. The fourth-order valence-electron chi connectivity index (χ4n) is 1.25. The Bertz CT molecular complexity index is 489. The van der Waals surface area contributed by atoms with E-state index in [9.17, 15) is 9.59 Å². The highest BCUT2D eigenvalue weighted by atomic mass is 127. The van der Waals surface area contributed by atoms with E-state index in [1.807, 2.05) is 0 Å². The average molecular weight is 585 g/mol. The van der Waals surface area contributed by atoms with E-state index in [1.54, 1.807) is 0 Å². The molecular formula is C10H10I3N3O2. The van der Waals surface area contributed by atoms with E-state index in [0.29, 0.717) is 17.1 Å². The number of anilines is 3. The number of carbonyl (C=O) groups excluding carboxylic acids is 2. The zero-order valence-electron chi connectivity index (χ0n) is 9.53. The number of rotatable bonds is 2. The molecule has 0 aliphatic heterocycles. The van der Waals surface area contributed by atoms with Crippen LogP contribution in [-0.4, -0.2) is 11.8 Å². The number of carbonyl (C=O) groups is 2. The Morgan fingerprint density at radius 2 is 1.22 bits per heavy atom. The third kappa shape index (κ3) is 3.59. The van der Waals surface area contributed by atoms with Crippen molar-refractivity contribution in [3.63, 3.8) is 0 Å². The number of benzene rings is 1. The van der Waals surface area contributed by atoms with Crippen LogP contribution in [0.5, 0.6) is 0 Å². The standard InChI is InChI=1S/C10H10I3N3O2/c1-3(17)15-9-5(11)8(14)6(12)10(7(9)13)16-4(2)18/h14H2,1-2H3,(H,15,17)(H,16,18). The molecule has 4 N–H and O–H groups in total. The summed E-state index contributed by atoms with van der Waals surface area (Å²) in [6.45, 7) is 2.86. The summed E-state index contributed by atoms with van der Waals surface area (Å²) in [6, 6.07) is 0. The molecule has 1 aromatic carbocycles. The largest absolute Gasteiger partial charge is 0.397 e. The van der Waals surface area contributed by atoms with Crippen molar-refractivity contribution in [3.8, 4) is 0 Å². The van der Waals surface area contributed by atoms with Crippen LogP contribution in [0.1, 0.15) is 13.8 Å². The summed E-state index contributed by atoms with van der Waals surface area (Å²) in [7, 11) is 0. The lowest BCUT2D eigenvalue weighted by atomic mass is 10.2. The smallest absolute Gasteiger partial charge is 0.221 e. The SMILES string of the molecule is CC(=O)Nc1c(I)c(N)c(I)c(NC(C)=O)c1I. The van der Waals surface area contributed by atoms with Crippen molar-refractivity contribution in [2.45, 2.75) is 13.8 Å². The number of nitrogens with one attached hydrogen (secondary N) is 2. The van der Waals surface area contributed by atoms with E-state index >= 15 is 0 Å². The fourth-order valence-corrected chi connectivity index (χ4v) is 4.96. The molecule has 0 saturated carbocycles. The highest BCUT2D eigenvalue weighted by molar-refractivity contribution is 14.1. The van der Waals surface area contributed by atoms with E-state index in [-0.39, 0.29) is 11.8 Å². The third-order valence-electron chi connectivity index (χ3n) is 1.95. The van der Waals surface area contributed by atoms with Crippen molar-refractivity contribution in [3.05, 3.63) is 10.7 Å². The van der Waals surface area contributed by atoms with Crippen molar-refractivity contribution < 1.29 is 9.59 Å². The zero-order chi connectivity index (χ0) is 14.0. The Morgan fingerprint density at radius 3 is 1.50 bits per heavy atom. The molecule has 0 spiro atoms. The van der Waals surface area contributed by atoms with E-state index in [0.717, 1.165) is 10.7 Å². The Kier molecular flexibility index (Phi) is 5.89. The minimum atomic E-state index is -0.180. The molecular weight excluding hydrogens is 575 g/mol. The third-order valence-corrected chi connectivity index (χ3v) is 5.27. The summed E-state index contributed by atoms with van der Waals surface area (Å²) in [5, 5.41) is 5.47. The lowest BCUT2D eigenvalue weighted by molar-refractivity contribution is -0.115. The van der Waals surface area contributed by atoms with Gasteiger partial charge in [0.15, 0.2) is 0 Å². The van der Waals surface area contributed by atoms with Gasteiger partial charge in [-0.1, -0.05) is 0 Å². The van der Waals surface area contributed by atoms with Crippen molar-refractivity contribution in [1.29, 1.82) is 0 Å². The second-order valence-corrected chi connectivity index (χ2v) is 6.70. The molecule has 0 aromatic heterocycles. The maximum atomic E-state index is 11.2. The van der Waals surface area contributed by atoms with Crippen LogP contribution in [0.2, 0.25) is 0 Å². The van der Waals surface area contributed by atoms with Crippen LogP contribution in [0.4, 0.5) is 17.1 Å².